The highest BCUT2D eigenvalue weighted by Crippen LogP contribution is 2.24. The number of nitrogens with two attached hydrogens (primary N) is 1. The van der Waals surface area contributed by atoms with E-state index in [1.54, 1.807) is 0 Å². The molecule has 0 aliphatic rings. The molecular weight excluding hydrogens is 260 g/mol. The van der Waals surface area contributed by atoms with E-state index in [1.165, 1.54) is 5.56 Å². The van der Waals surface area contributed by atoms with Crippen molar-refractivity contribution in [3.8, 4) is 0 Å². The normalized spacial score (nSPS) is 14.3. The summed E-state index contributed by atoms with van der Waals surface area (Å²) in [6.45, 7) is 3.66. The molecule has 2 aromatic rings. The zero-order chi connectivity index (χ0) is 15.3. The summed E-state index contributed by atoms with van der Waals surface area (Å²) in [6, 6.07) is 10.6. The fraction of sp³-hybridized carbons (Fsp3) is 0.471. The highest BCUT2D eigenvalue weighted by Gasteiger charge is 2.32. The van der Waals surface area contributed by atoms with Gasteiger partial charge in [-0.1, -0.05) is 37.3 Å². The predicted octanol–water partition coefficient (Wildman–Crippen LogP) is 2.20. The Balaban J connectivity index is 2.18. The van der Waals surface area contributed by atoms with Gasteiger partial charge in [0, 0.05) is 31.5 Å². The third-order valence-electron chi connectivity index (χ3n) is 4.52. The minimum Gasteiger partial charge on any atom is -0.337 e. The van der Waals surface area contributed by atoms with Gasteiger partial charge in [-0.3, -0.25) is 4.90 Å². The molecule has 114 valence electrons. The van der Waals surface area contributed by atoms with Crippen LogP contribution in [0.5, 0.6) is 0 Å². The molecule has 0 radical (unpaired) electrons. The van der Waals surface area contributed by atoms with E-state index < -0.39 is 0 Å². The van der Waals surface area contributed by atoms with Crippen molar-refractivity contribution in [2.75, 3.05) is 13.6 Å². The monoisotopic (exact) mass is 286 g/mol. The second-order valence-corrected chi connectivity index (χ2v) is 5.75. The van der Waals surface area contributed by atoms with E-state index in [2.05, 4.69) is 58.8 Å². The molecule has 4 heteroatoms. The van der Waals surface area contributed by atoms with Crippen LogP contribution in [0.15, 0.2) is 42.7 Å². The minimum atomic E-state index is -0.0344. The molecule has 1 aromatic carbocycles. The summed E-state index contributed by atoms with van der Waals surface area (Å²) in [4.78, 5) is 6.77. The van der Waals surface area contributed by atoms with Crippen LogP contribution in [0.4, 0.5) is 0 Å². The van der Waals surface area contributed by atoms with Crippen molar-refractivity contribution in [1.29, 1.82) is 0 Å². The highest BCUT2D eigenvalue weighted by atomic mass is 15.2. The van der Waals surface area contributed by atoms with E-state index in [9.17, 15) is 0 Å². The molecule has 1 unspecified atom stereocenters. The summed E-state index contributed by atoms with van der Waals surface area (Å²) < 4.78 is 2.07. The topological polar surface area (TPSA) is 47.1 Å². The molecule has 0 saturated heterocycles. The summed E-state index contributed by atoms with van der Waals surface area (Å²) in [5.74, 6) is 1.07. The van der Waals surface area contributed by atoms with Gasteiger partial charge in [0.25, 0.3) is 0 Å². The van der Waals surface area contributed by atoms with Crippen LogP contribution < -0.4 is 5.73 Å². The summed E-state index contributed by atoms with van der Waals surface area (Å²) in [7, 11) is 4.18. The first kappa shape index (κ1) is 15.7. The zero-order valence-electron chi connectivity index (χ0n) is 13.3. The van der Waals surface area contributed by atoms with Crippen molar-refractivity contribution in [3.63, 3.8) is 0 Å². The van der Waals surface area contributed by atoms with Crippen LogP contribution in [0.2, 0.25) is 0 Å². The molecule has 0 bridgehead atoms. The number of hydrogen-bond donors (Lipinski definition) is 1. The number of benzene rings is 1. The van der Waals surface area contributed by atoms with Crippen molar-refractivity contribution >= 4 is 0 Å². The van der Waals surface area contributed by atoms with Gasteiger partial charge in [-0.15, -0.1) is 0 Å². The lowest BCUT2D eigenvalue weighted by Crippen LogP contribution is -2.53. The molecule has 1 atom stereocenters. The molecule has 0 fully saturated rings. The fourth-order valence-corrected chi connectivity index (χ4v) is 2.81. The maximum absolute atomic E-state index is 6.17. The van der Waals surface area contributed by atoms with Gasteiger partial charge in [-0.25, -0.2) is 4.98 Å². The van der Waals surface area contributed by atoms with Crippen LogP contribution in [0.25, 0.3) is 0 Å². The second-order valence-electron chi connectivity index (χ2n) is 5.75. The van der Waals surface area contributed by atoms with E-state index in [1.807, 2.05) is 19.4 Å². The van der Waals surface area contributed by atoms with Crippen LogP contribution in [-0.4, -0.2) is 33.6 Å². The molecule has 0 spiro atoms. The molecule has 2 N–H and O–H groups in total. The van der Waals surface area contributed by atoms with E-state index >= 15 is 0 Å². The Labute approximate surface area is 127 Å². The van der Waals surface area contributed by atoms with Crippen LogP contribution >= 0.6 is 0 Å². The van der Waals surface area contributed by atoms with Gasteiger partial charge in [-0.2, -0.15) is 0 Å². The molecular formula is C17H26N4. The lowest BCUT2D eigenvalue weighted by atomic mass is 9.86. The van der Waals surface area contributed by atoms with E-state index in [-0.39, 0.29) is 5.54 Å². The SMILES string of the molecule is CCC(CN)(Cc1ccccc1)N(C)Cc1nccn1C. The molecule has 1 aromatic heterocycles. The van der Waals surface area contributed by atoms with Gasteiger partial charge < -0.3 is 10.3 Å². The number of hydrogen-bond acceptors (Lipinski definition) is 3. The molecule has 0 aliphatic heterocycles. The number of aromatic nitrogens is 2. The Hall–Kier alpha value is -1.65. The molecule has 0 amide bonds. The van der Waals surface area contributed by atoms with Gasteiger partial charge in [0.1, 0.15) is 5.82 Å². The maximum Gasteiger partial charge on any atom is 0.122 e. The third kappa shape index (κ3) is 3.52. The van der Waals surface area contributed by atoms with Crippen molar-refractivity contribution in [2.24, 2.45) is 12.8 Å². The number of aryl methyl sites for hydroxylation is 1. The van der Waals surface area contributed by atoms with E-state index in [4.69, 9.17) is 5.73 Å². The predicted molar refractivity (Wildman–Crippen MR) is 86.9 cm³/mol. The number of imidazole rings is 1. The van der Waals surface area contributed by atoms with E-state index in [0.29, 0.717) is 6.54 Å². The molecule has 21 heavy (non-hydrogen) atoms. The molecule has 0 saturated carbocycles. The Bertz CT molecular complexity index is 543. The highest BCUT2D eigenvalue weighted by molar-refractivity contribution is 5.18. The Morgan fingerprint density at radius 2 is 2.00 bits per heavy atom. The standard InChI is InChI=1S/C17H26N4/c1-4-17(14-18,12-15-8-6-5-7-9-15)21(3)13-16-19-10-11-20(16)2/h5-11H,4,12-14,18H2,1-3H3. The van der Waals surface area contributed by atoms with Crippen LogP contribution in [0.3, 0.4) is 0 Å². The van der Waals surface area contributed by atoms with Gasteiger partial charge in [-0.05, 0) is 25.5 Å². The number of nitrogens with zero attached hydrogens (tertiary/aromatic N) is 3. The minimum absolute atomic E-state index is 0.0344. The maximum atomic E-state index is 6.17. The van der Waals surface area contributed by atoms with Crippen LogP contribution in [0, 0.1) is 0 Å². The van der Waals surface area contributed by atoms with Gasteiger partial charge in [0.05, 0.1) is 6.54 Å². The largest absolute Gasteiger partial charge is 0.337 e. The fourth-order valence-electron chi connectivity index (χ4n) is 2.81. The van der Waals surface area contributed by atoms with Crippen molar-refractivity contribution in [2.45, 2.75) is 31.8 Å². The van der Waals surface area contributed by atoms with Gasteiger partial charge >= 0.3 is 0 Å². The first-order valence-corrected chi connectivity index (χ1v) is 7.53. The average Bonchev–Trinajstić information content (AvgIpc) is 2.91. The Kier molecular flexibility index (Phi) is 5.15. The summed E-state index contributed by atoms with van der Waals surface area (Å²) >= 11 is 0. The first-order valence-electron chi connectivity index (χ1n) is 7.53. The van der Waals surface area contributed by atoms with Crippen molar-refractivity contribution in [1.82, 2.24) is 14.5 Å². The third-order valence-corrected chi connectivity index (χ3v) is 4.52. The first-order chi connectivity index (χ1) is 10.1. The quantitative estimate of drug-likeness (QED) is 0.849. The molecule has 4 nitrogen and oxygen atoms in total. The number of rotatable bonds is 7. The van der Waals surface area contributed by atoms with E-state index in [0.717, 1.165) is 25.2 Å². The second kappa shape index (κ2) is 6.87. The van der Waals surface area contributed by atoms with Crippen LogP contribution in [0.1, 0.15) is 24.7 Å². The average molecular weight is 286 g/mol. The van der Waals surface area contributed by atoms with Gasteiger partial charge in [0.15, 0.2) is 0 Å². The summed E-state index contributed by atoms with van der Waals surface area (Å²) in [6.07, 6.45) is 5.80. The molecule has 0 aliphatic carbocycles. The van der Waals surface area contributed by atoms with Crippen LogP contribution in [-0.2, 0) is 20.0 Å². The lowest BCUT2D eigenvalue weighted by Gasteiger charge is -2.40. The summed E-state index contributed by atoms with van der Waals surface area (Å²) in [5, 5.41) is 0. The smallest absolute Gasteiger partial charge is 0.122 e. The zero-order valence-corrected chi connectivity index (χ0v) is 13.3. The Morgan fingerprint density at radius 3 is 2.52 bits per heavy atom. The Morgan fingerprint density at radius 1 is 1.29 bits per heavy atom. The van der Waals surface area contributed by atoms with Gasteiger partial charge in [0.2, 0.25) is 0 Å². The lowest BCUT2D eigenvalue weighted by molar-refractivity contribution is 0.108. The van der Waals surface area contributed by atoms with Crippen molar-refractivity contribution in [3.05, 3.63) is 54.1 Å². The molecule has 2 rings (SSSR count). The van der Waals surface area contributed by atoms with Crippen molar-refractivity contribution < 1.29 is 0 Å². The summed E-state index contributed by atoms with van der Waals surface area (Å²) in [5.41, 5.74) is 7.46. The molecule has 1 heterocycles. The number of likely N-dealkylation sites (N-methyl/N-ethyl adjacent to an activating group) is 1.